The third-order valence-corrected chi connectivity index (χ3v) is 7.62. The molecule has 5 aliphatic rings. The quantitative estimate of drug-likeness (QED) is 0.457. The molecular formula is C23H27NO9. The minimum absolute atomic E-state index is 0.0910. The van der Waals surface area contributed by atoms with Gasteiger partial charge in [0.15, 0.2) is 23.0 Å². The molecule has 0 unspecified atom stereocenters. The van der Waals surface area contributed by atoms with E-state index in [1.165, 1.54) is 0 Å². The van der Waals surface area contributed by atoms with Crippen LogP contribution in [0.4, 0.5) is 0 Å². The Balaban J connectivity index is 1.47. The van der Waals surface area contributed by atoms with Gasteiger partial charge in [0.25, 0.3) is 0 Å². The van der Waals surface area contributed by atoms with Gasteiger partial charge < -0.3 is 39.4 Å². The number of carbonyl (C=O) groups excluding carboxylic acids is 1. The largest absolute Gasteiger partial charge is 0.458 e. The van der Waals surface area contributed by atoms with E-state index in [-0.39, 0.29) is 24.8 Å². The number of hydrogen-bond acceptors (Lipinski definition) is 10. The molecule has 33 heavy (non-hydrogen) atoms. The van der Waals surface area contributed by atoms with Crippen molar-refractivity contribution in [3.8, 4) is 11.5 Å². The molecule has 6 atom stereocenters. The lowest BCUT2D eigenvalue weighted by Crippen LogP contribution is -2.59. The molecule has 0 radical (unpaired) electrons. The number of hydrogen-bond donors (Lipinski definition) is 4. The van der Waals surface area contributed by atoms with Crippen molar-refractivity contribution < 1.29 is 44.2 Å². The van der Waals surface area contributed by atoms with Crippen LogP contribution in [0.1, 0.15) is 30.4 Å². The van der Waals surface area contributed by atoms with Crippen LogP contribution in [0.2, 0.25) is 0 Å². The number of nitrogens with zero attached hydrogens (tertiary/aromatic N) is 1. The maximum atomic E-state index is 13.3. The average Bonchev–Trinajstić information content (AvgIpc) is 3.48. The molecule has 1 aliphatic carbocycles. The van der Waals surface area contributed by atoms with E-state index in [2.05, 4.69) is 4.90 Å². The number of ketones is 1. The summed E-state index contributed by atoms with van der Waals surface area (Å²) in [6, 6.07) is 3.85. The molecule has 1 spiro atoms. The molecule has 10 nitrogen and oxygen atoms in total. The number of ether oxygens (including phenoxy) is 4. The molecule has 0 bridgehead atoms. The molecule has 6 rings (SSSR count). The summed E-state index contributed by atoms with van der Waals surface area (Å²) in [5.41, 5.74) is 2.11. The van der Waals surface area contributed by atoms with Gasteiger partial charge in [0.2, 0.25) is 13.1 Å². The number of fused-ring (bicyclic) bond motifs is 3. The van der Waals surface area contributed by atoms with Crippen LogP contribution in [0, 0.1) is 0 Å². The van der Waals surface area contributed by atoms with Crippen LogP contribution in [0.5, 0.6) is 11.5 Å². The van der Waals surface area contributed by atoms with Crippen LogP contribution in [0.25, 0.3) is 5.57 Å². The lowest BCUT2D eigenvalue weighted by Gasteiger charge is -2.40. The molecule has 4 heterocycles. The van der Waals surface area contributed by atoms with E-state index >= 15 is 0 Å². The number of aliphatic hydroxyl groups is 4. The molecule has 2 saturated heterocycles. The first-order valence-corrected chi connectivity index (χ1v) is 11.4. The van der Waals surface area contributed by atoms with E-state index in [1.54, 1.807) is 0 Å². The molecule has 0 saturated carbocycles. The maximum Gasteiger partial charge on any atom is 0.231 e. The van der Waals surface area contributed by atoms with Crippen LogP contribution < -0.4 is 9.47 Å². The summed E-state index contributed by atoms with van der Waals surface area (Å²) in [5, 5.41) is 40.3. The van der Waals surface area contributed by atoms with Crippen molar-refractivity contribution in [1.29, 1.82) is 0 Å². The fourth-order valence-electron chi connectivity index (χ4n) is 5.99. The van der Waals surface area contributed by atoms with Gasteiger partial charge in [-0.3, -0.25) is 9.69 Å². The molecule has 2 fully saturated rings. The van der Waals surface area contributed by atoms with Gasteiger partial charge in [0.1, 0.15) is 24.4 Å². The highest BCUT2D eigenvalue weighted by molar-refractivity contribution is 6.09. The smallest absolute Gasteiger partial charge is 0.231 e. The second kappa shape index (κ2) is 7.66. The minimum Gasteiger partial charge on any atom is -0.458 e. The Morgan fingerprint density at radius 2 is 1.88 bits per heavy atom. The van der Waals surface area contributed by atoms with Crippen molar-refractivity contribution in [3.63, 3.8) is 0 Å². The topological polar surface area (TPSA) is 138 Å². The first kappa shape index (κ1) is 21.3. The standard InChI is InChI=1S/C23H27NO9/c25-9-16-18(27)19(28)20(29)22(32-16)33-21-13(26)8-23-3-1-4-24(23)5-2-11-6-14-15(31-10-30-14)7-12(11)17(21)23/h6-7,16,18-20,22,25,27-29H,1-5,8-10H2/t16-,18-,19+,20-,22+,23+/m1/s1. The first-order valence-electron chi connectivity index (χ1n) is 11.4. The van der Waals surface area contributed by atoms with Gasteiger partial charge in [-0.15, -0.1) is 0 Å². The summed E-state index contributed by atoms with van der Waals surface area (Å²) in [4.78, 5) is 15.7. The monoisotopic (exact) mass is 461 g/mol. The average molecular weight is 461 g/mol. The zero-order chi connectivity index (χ0) is 22.9. The van der Waals surface area contributed by atoms with E-state index < -0.39 is 42.9 Å². The van der Waals surface area contributed by atoms with E-state index in [9.17, 15) is 25.2 Å². The fraction of sp³-hybridized carbons (Fsp3) is 0.609. The zero-order valence-corrected chi connectivity index (χ0v) is 18.0. The van der Waals surface area contributed by atoms with Gasteiger partial charge in [0.05, 0.1) is 12.1 Å². The highest BCUT2D eigenvalue weighted by Crippen LogP contribution is 2.54. The highest BCUT2D eigenvalue weighted by atomic mass is 16.7. The lowest BCUT2D eigenvalue weighted by molar-refractivity contribution is -0.290. The van der Waals surface area contributed by atoms with Crippen molar-refractivity contribution in [1.82, 2.24) is 4.90 Å². The minimum atomic E-state index is -1.60. The van der Waals surface area contributed by atoms with Gasteiger partial charge >= 0.3 is 0 Å². The molecule has 1 aromatic carbocycles. The van der Waals surface area contributed by atoms with Crippen molar-refractivity contribution in [2.75, 3.05) is 26.5 Å². The van der Waals surface area contributed by atoms with E-state index in [0.717, 1.165) is 49.1 Å². The van der Waals surface area contributed by atoms with Gasteiger partial charge in [-0.1, -0.05) is 0 Å². The summed E-state index contributed by atoms with van der Waals surface area (Å²) < 4.78 is 22.7. The molecule has 10 heteroatoms. The van der Waals surface area contributed by atoms with Gasteiger partial charge in [-0.2, -0.15) is 0 Å². The summed E-state index contributed by atoms with van der Waals surface area (Å²) in [7, 11) is 0. The van der Waals surface area contributed by atoms with Crippen molar-refractivity contribution in [2.24, 2.45) is 0 Å². The second-order valence-electron chi connectivity index (χ2n) is 9.35. The number of carbonyl (C=O) groups is 1. The van der Waals surface area contributed by atoms with Crippen LogP contribution >= 0.6 is 0 Å². The SMILES string of the molecule is O=C1C[C@]23CCCN2CCc2cc4c(cc2C3=C1O[C@@H]1O[C@H](CO)[C@@H](O)[C@H](O)[C@H]1O)OCO4. The summed E-state index contributed by atoms with van der Waals surface area (Å²) in [6.45, 7) is 1.22. The number of aliphatic hydroxyl groups excluding tert-OH is 4. The molecule has 0 aromatic heterocycles. The Bertz CT molecular complexity index is 1020. The number of rotatable bonds is 3. The number of Topliss-reactive ketones (excluding diaryl/α,β-unsaturated/α-hetero) is 1. The molecule has 178 valence electrons. The third-order valence-electron chi connectivity index (χ3n) is 7.62. The second-order valence-corrected chi connectivity index (χ2v) is 9.35. The van der Waals surface area contributed by atoms with Crippen LogP contribution in [0.15, 0.2) is 17.9 Å². The van der Waals surface area contributed by atoms with Gasteiger partial charge in [-0.25, -0.2) is 0 Å². The Labute approximate surface area is 189 Å². The third kappa shape index (κ3) is 3.05. The van der Waals surface area contributed by atoms with Crippen molar-refractivity contribution in [2.45, 2.75) is 61.9 Å². The summed E-state index contributed by atoms with van der Waals surface area (Å²) in [5.74, 6) is 1.16. The molecule has 4 N–H and O–H groups in total. The highest BCUT2D eigenvalue weighted by Gasteiger charge is 2.56. The Kier molecular flexibility index (Phi) is 4.95. The first-order chi connectivity index (χ1) is 15.9. The fourth-order valence-corrected chi connectivity index (χ4v) is 5.99. The maximum absolute atomic E-state index is 13.3. The molecular weight excluding hydrogens is 434 g/mol. The van der Waals surface area contributed by atoms with Gasteiger partial charge in [0, 0.05) is 18.5 Å². The van der Waals surface area contributed by atoms with E-state index in [1.807, 2.05) is 12.1 Å². The van der Waals surface area contributed by atoms with Crippen molar-refractivity contribution in [3.05, 3.63) is 29.0 Å². The van der Waals surface area contributed by atoms with Gasteiger partial charge in [-0.05, 0) is 49.1 Å². The lowest BCUT2D eigenvalue weighted by atomic mass is 9.83. The predicted molar refractivity (Wildman–Crippen MR) is 111 cm³/mol. The van der Waals surface area contributed by atoms with Crippen LogP contribution in [0.3, 0.4) is 0 Å². The molecule has 0 amide bonds. The summed E-state index contributed by atoms with van der Waals surface area (Å²) >= 11 is 0. The molecule has 1 aromatic rings. The zero-order valence-electron chi connectivity index (χ0n) is 18.0. The predicted octanol–water partition coefficient (Wildman–Crippen LogP) is -0.694. The normalized spacial score (nSPS) is 37.6. The number of allylic oxidation sites excluding steroid dienone is 1. The van der Waals surface area contributed by atoms with E-state index in [4.69, 9.17) is 18.9 Å². The Morgan fingerprint density at radius 3 is 2.67 bits per heavy atom. The Hall–Kier alpha value is -2.21. The van der Waals surface area contributed by atoms with E-state index in [0.29, 0.717) is 11.5 Å². The summed E-state index contributed by atoms with van der Waals surface area (Å²) in [6.07, 6.45) is -4.45. The van der Waals surface area contributed by atoms with Crippen LogP contribution in [-0.2, 0) is 20.7 Å². The number of benzene rings is 1. The molecule has 4 aliphatic heterocycles. The Morgan fingerprint density at radius 1 is 1.09 bits per heavy atom. The van der Waals surface area contributed by atoms with Crippen LogP contribution in [-0.4, -0.2) is 93.8 Å². The van der Waals surface area contributed by atoms with Crippen molar-refractivity contribution >= 4 is 11.4 Å².